The van der Waals surface area contributed by atoms with Crippen LogP contribution in [0.3, 0.4) is 0 Å². The predicted octanol–water partition coefficient (Wildman–Crippen LogP) is 2.53. The van der Waals surface area contributed by atoms with Gasteiger partial charge in [-0.3, -0.25) is 14.5 Å². The molecule has 10 heteroatoms. The summed E-state index contributed by atoms with van der Waals surface area (Å²) >= 11 is 1.41. The lowest BCUT2D eigenvalue weighted by molar-refractivity contribution is -0.163. The Morgan fingerprint density at radius 2 is 2.03 bits per heavy atom. The summed E-state index contributed by atoms with van der Waals surface area (Å²) in [4.78, 5) is 39.8. The van der Waals surface area contributed by atoms with Gasteiger partial charge in [0.25, 0.3) is 5.91 Å². The van der Waals surface area contributed by atoms with Crippen molar-refractivity contribution < 1.29 is 23.7 Å². The Balaban J connectivity index is 1.69. The first-order valence-corrected chi connectivity index (χ1v) is 12.3. The molecule has 0 bridgehead atoms. The summed E-state index contributed by atoms with van der Waals surface area (Å²) in [6.07, 6.45) is 0.0894. The van der Waals surface area contributed by atoms with E-state index >= 15 is 0 Å². The molecule has 1 fully saturated rings. The fraction of sp³-hybridized carbons (Fsp3) is 0.286. The van der Waals surface area contributed by atoms with Gasteiger partial charge in [0.15, 0.2) is 22.8 Å². The molecule has 1 N–H and O–H groups in total. The zero-order valence-electron chi connectivity index (χ0n) is 16.7. The number of amides is 2. The van der Waals surface area contributed by atoms with Crippen LogP contribution in [0.15, 0.2) is 60.0 Å². The van der Waals surface area contributed by atoms with Gasteiger partial charge in [-0.05, 0) is 29.5 Å². The molecule has 1 aromatic carbocycles. The van der Waals surface area contributed by atoms with Crippen LogP contribution < -0.4 is 5.32 Å². The number of hydrogen-bond donors (Lipinski definition) is 1. The number of thiophene rings is 1. The molecule has 2 amide bonds. The summed E-state index contributed by atoms with van der Waals surface area (Å²) in [5.41, 5.74) is 1.12. The molecule has 0 spiro atoms. The van der Waals surface area contributed by atoms with E-state index in [1.165, 1.54) is 11.3 Å². The van der Waals surface area contributed by atoms with Crippen molar-refractivity contribution in [2.75, 3.05) is 0 Å². The van der Waals surface area contributed by atoms with E-state index in [0.29, 0.717) is 5.57 Å². The second kappa shape index (κ2) is 10.3. The fourth-order valence-corrected chi connectivity index (χ4v) is 5.32. The number of nitrogens with one attached hydrogen (secondary N) is 1. The third-order valence-electron chi connectivity index (χ3n) is 4.69. The maximum Gasteiger partial charge on any atom is 0.333 e. The number of β-lactam (4-membered cyclic amide) rings is 1. The zero-order chi connectivity index (χ0) is 22.5. The minimum absolute atomic E-state index is 0.0150. The topological polar surface area (TPSA) is 98.8 Å². The molecular weight excluding hydrogens is 460 g/mol. The third-order valence-corrected chi connectivity index (χ3v) is 7.00. The summed E-state index contributed by atoms with van der Waals surface area (Å²) < 4.78 is 17.5. The van der Waals surface area contributed by atoms with Crippen LogP contribution in [0.4, 0.5) is 0 Å². The molecule has 31 heavy (non-hydrogen) atoms. The van der Waals surface area contributed by atoms with Gasteiger partial charge >= 0.3 is 5.97 Å². The van der Waals surface area contributed by atoms with Crippen molar-refractivity contribution in [2.24, 2.45) is 0 Å². The van der Waals surface area contributed by atoms with Crippen molar-refractivity contribution >= 4 is 50.2 Å². The molecule has 1 saturated heterocycles. The van der Waals surface area contributed by atoms with Gasteiger partial charge in [0.05, 0.1) is 16.8 Å². The summed E-state index contributed by atoms with van der Waals surface area (Å²) in [6, 6.07) is 10.4. The van der Waals surface area contributed by atoms with E-state index in [0.717, 1.165) is 15.3 Å². The Labute approximate surface area is 191 Å². The van der Waals surface area contributed by atoms with Crippen LogP contribution in [0.1, 0.15) is 17.4 Å². The minimum atomic E-state index is -2.04. The molecule has 0 saturated carbocycles. The first-order chi connectivity index (χ1) is 14.8. The van der Waals surface area contributed by atoms with E-state index in [1.54, 1.807) is 25.1 Å². The lowest BCUT2D eigenvalue weighted by Crippen LogP contribution is -2.75. The minimum Gasteiger partial charge on any atom is -0.597 e. The standard InChI is InChI=1S/C21H21ClN2O5S2/c1-13(2)18(21(27)29-12-14-7-4-3-5-8-14)24-19(26)17(20(24)31(22)28)23-16(25)11-15-9-6-10-30-15/h3-10,17-18,20H,1,11-12H2,2H3,(H,23,25). The van der Waals surface area contributed by atoms with Crippen molar-refractivity contribution in [3.8, 4) is 0 Å². The van der Waals surface area contributed by atoms with Crippen molar-refractivity contribution in [3.63, 3.8) is 0 Å². The van der Waals surface area contributed by atoms with Gasteiger partial charge in [0.2, 0.25) is 11.3 Å². The average Bonchev–Trinajstić information content (AvgIpc) is 3.23. The van der Waals surface area contributed by atoms with Gasteiger partial charge in [0, 0.05) is 4.88 Å². The Morgan fingerprint density at radius 3 is 2.61 bits per heavy atom. The van der Waals surface area contributed by atoms with Crippen LogP contribution >= 0.6 is 22.0 Å². The van der Waals surface area contributed by atoms with E-state index in [2.05, 4.69) is 11.9 Å². The molecule has 3 rings (SSSR count). The first kappa shape index (κ1) is 23.3. The number of carbonyl (C=O) groups is 3. The quantitative estimate of drug-likeness (QED) is 0.257. The highest BCUT2D eigenvalue weighted by Gasteiger charge is 2.60. The Kier molecular flexibility index (Phi) is 7.77. The highest BCUT2D eigenvalue weighted by atomic mass is 35.7. The van der Waals surface area contributed by atoms with Crippen LogP contribution in [-0.2, 0) is 42.5 Å². The van der Waals surface area contributed by atoms with E-state index < -0.39 is 45.6 Å². The van der Waals surface area contributed by atoms with Crippen LogP contribution in [0.5, 0.6) is 0 Å². The number of esters is 1. The molecule has 7 nitrogen and oxygen atoms in total. The second-order valence-electron chi connectivity index (χ2n) is 7.03. The monoisotopic (exact) mass is 480 g/mol. The Morgan fingerprint density at radius 1 is 1.32 bits per heavy atom. The second-order valence-corrected chi connectivity index (χ2v) is 9.95. The molecule has 4 atom stereocenters. The molecule has 0 radical (unpaired) electrons. The summed E-state index contributed by atoms with van der Waals surface area (Å²) in [5.74, 6) is -1.67. The molecule has 4 unspecified atom stereocenters. The van der Waals surface area contributed by atoms with Gasteiger partial charge < -0.3 is 14.6 Å². The molecule has 164 valence electrons. The first-order valence-electron chi connectivity index (χ1n) is 9.36. The maximum absolute atomic E-state index is 12.8. The summed E-state index contributed by atoms with van der Waals surface area (Å²) in [5, 5.41) is 3.34. The lowest BCUT2D eigenvalue weighted by Gasteiger charge is -2.47. The molecular formula is C21H21ClN2O5S2. The van der Waals surface area contributed by atoms with E-state index in [-0.39, 0.29) is 13.0 Å². The predicted molar refractivity (Wildman–Crippen MR) is 119 cm³/mol. The summed E-state index contributed by atoms with van der Waals surface area (Å²) in [7, 11) is 3.80. The number of likely N-dealkylation sites (tertiary alicyclic amines) is 1. The number of rotatable bonds is 9. The normalized spacial score (nSPS) is 19.8. The molecule has 2 heterocycles. The lowest BCUT2D eigenvalue weighted by atomic mass is 9.99. The van der Waals surface area contributed by atoms with Gasteiger partial charge in [-0.25, -0.2) is 4.79 Å². The highest BCUT2D eigenvalue weighted by Crippen LogP contribution is 2.32. The third kappa shape index (κ3) is 5.48. The molecule has 1 aromatic heterocycles. The molecule has 1 aliphatic heterocycles. The number of hydrogen-bond acceptors (Lipinski definition) is 6. The number of benzene rings is 1. The van der Waals surface area contributed by atoms with Crippen LogP contribution in [-0.4, -0.2) is 44.7 Å². The van der Waals surface area contributed by atoms with Crippen LogP contribution in [0, 0.1) is 0 Å². The number of halogens is 1. The molecule has 0 aliphatic carbocycles. The Bertz CT molecular complexity index is 952. The molecule has 2 aromatic rings. The van der Waals surface area contributed by atoms with E-state index in [1.807, 2.05) is 29.6 Å². The number of nitrogens with zero attached hydrogens (tertiary/aromatic N) is 1. The zero-order valence-corrected chi connectivity index (χ0v) is 19.0. The van der Waals surface area contributed by atoms with Gasteiger partial charge in [-0.1, -0.05) is 43.0 Å². The summed E-state index contributed by atoms with van der Waals surface area (Å²) in [6.45, 7) is 5.36. The van der Waals surface area contributed by atoms with Crippen molar-refractivity contribution in [3.05, 3.63) is 70.4 Å². The van der Waals surface area contributed by atoms with Gasteiger partial charge in [-0.2, -0.15) is 0 Å². The van der Waals surface area contributed by atoms with Gasteiger partial charge in [0.1, 0.15) is 6.61 Å². The van der Waals surface area contributed by atoms with Crippen LogP contribution in [0.25, 0.3) is 0 Å². The number of ether oxygens (including phenoxy) is 1. The average molecular weight is 481 g/mol. The number of carbonyl (C=O) groups excluding carboxylic acids is 3. The largest absolute Gasteiger partial charge is 0.597 e. The van der Waals surface area contributed by atoms with Crippen molar-refractivity contribution in [1.82, 2.24) is 10.2 Å². The molecule has 1 aliphatic rings. The van der Waals surface area contributed by atoms with Crippen molar-refractivity contribution in [2.45, 2.75) is 37.4 Å². The van der Waals surface area contributed by atoms with Gasteiger partial charge in [-0.15, -0.1) is 11.3 Å². The van der Waals surface area contributed by atoms with Crippen LogP contribution in [0.2, 0.25) is 0 Å². The van der Waals surface area contributed by atoms with E-state index in [4.69, 9.17) is 15.4 Å². The Hall–Kier alpha value is -2.33. The fourth-order valence-electron chi connectivity index (χ4n) is 3.25. The maximum atomic E-state index is 12.8. The highest BCUT2D eigenvalue weighted by molar-refractivity contribution is 8.14. The SMILES string of the molecule is C=C(C)C(C(=O)OCc1ccccc1)N1C(=O)C(NC(=O)Cc2cccs2)C1[S+]([O-])Cl. The smallest absolute Gasteiger partial charge is 0.333 e. The van der Waals surface area contributed by atoms with E-state index in [9.17, 15) is 18.9 Å². The van der Waals surface area contributed by atoms with Crippen molar-refractivity contribution in [1.29, 1.82) is 0 Å².